The predicted molar refractivity (Wildman–Crippen MR) is 179 cm³/mol. The summed E-state index contributed by atoms with van der Waals surface area (Å²) in [4.78, 5) is 0.189. The number of hydrogen-bond acceptors (Lipinski definition) is 6. The van der Waals surface area contributed by atoms with Crippen molar-refractivity contribution in [3.63, 3.8) is 0 Å². The van der Waals surface area contributed by atoms with Crippen LogP contribution in [0.25, 0.3) is 0 Å². The number of benzene rings is 2. The molecule has 9 rings (SSSR count). The molecule has 6 bridgehead atoms. The molecular formula is C39H49O6S2-. The highest BCUT2D eigenvalue weighted by atomic mass is 32.2. The number of hydrogen-bond donors (Lipinski definition) is 0. The van der Waals surface area contributed by atoms with Gasteiger partial charge in [0.2, 0.25) is 0 Å². The number of fused-ring (bicyclic) bond motifs is 6. The summed E-state index contributed by atoms with van der Waals surface area (Å²) in [7, 11) is -8.97. The van der Waals surface area contributed by atoms with Gasteiger partial charge in [-0.2, -0.15) is 8.42 Å². The molecule has 0 spiro atoms. The Bertz CT molecular complexity index is 1730. The topological polar surface area (TPSA) is 101 Å². The van der Waals surface area contributed by atoms with Crippen molar-refractivity contribution in [2.75, 3.05) is 0 Å². The van der Waals surface area contributed by atoms with Crippen LogP contribution >= 0.6 is 0 Å². The van der Waals surface area contributed by atoms with E-state index in [-0.39, 0.29) is 28.4 Å². The first-order valence-electron chi connectivity index (χ1n) is 18.8. The van der Waals surface area contributed by atoms with Crippen molar-refractivity contribution in [2.45, 2.75) is 143 Å². The molecule has 0 amide bonds. The fourth-order valence-corrected chi connectivity index (χ4v) is 14.6. The van der Waals surface area contributed by atoms with Crippen LogP contribution < -0.4 is 4.18 Å². The summed E-state index contributed by atoms with van der Waals surface area (Å²) in [6.45, 7) is 0. The van der Waals surface area contributed by atoms with Crippen molar-refractivity contribution in [1.82, 2.24) is 0 Å². The van der Waals surface area contributed by atoms with Gasteiger partial charge in [0.25, 0.3) is 0 Å². The van der Waals surface area contributed by atoms with Crippen LogP contribution in [0.15, 0.2) is 40.1 Å². The molecule has 47 heavy (non-hydrogen) atoms. The minimum atomic E-state index is -4.71. The molecule has 8 heteroatoms. The van der Waals surface area contributed by atoms with E-state index in [1.54, 1.807) is 6.07 Å². The largest absolute Gasteiger partial charge is 0.744 e. The summed E-state index contributed by atoms with van der Waals surface area (Å²) in [5, 5.41) is 0. The summed E-state index contributed by atoms with van der Waals surface area (Å²) in [5.41, 5.74) is 3.83. The van der Waals surface area contributed by atoms with Gasteiger partial charge >= 0.3 is 10.1 Å². The first kappa shape index (κ1) is 31.1. The van der Waals surface area contributed by atoms with Crippen molar-refractivity contribution in [1.29, 1.82) is 0 Å². The molecule has 0 N–H and O–H groups in total. The van der Waals surface area contributed by atoms with Crippen LogP contribution in [0.5, 0.6) is 5.75 Å². The van der Waals surface area contributed by atoms with Gasteiger partial charge in [0.05, 0.1) is 4.90 Å². The molecule has 7 aliphatic rings. The molecule has 0 aromatic heterocycles. The Morgan fingerprint density at radius 1 is 0.574 bits per heavy atom. The third-order valence-electron chi connectivity index (χ3n) is 14.4. The Morgan fingerprint density at radius 3 is 1.57 bits per heavy atom. The van der Waals surface area contributed by atoms with E-state index in [4.69, 9.17) is 4.18 Å². The lowest BCUT2D eigenvalue weighted by atomic mass is 9.75. The smallest absolute Gasteiger partial charge is 0.339 e. The normalized spacial score (nSPS) is 36.5. The van der Waals surface area contributed by atoms with Gasteiger partial charge in [-0.05, 0) is 170 Å². The molecular weight excluding hydrogens is 629 g/mol. The summed E-state index contributed by atoms with van der Waals surface area (Å²) in [6.07, 6.45) is 19.1. The average Bonchev–Trinajstić information content (AvgIpc) is 3.92. The predicted octanol–water partition coefficient (Wildman–Crippen LogP) is 9.12. The zero-order valence-corrected chi connectivity index (χ0v) is 29.1. The second-order valence-corrected chi connectivity index (χ2v) is 19.7. The van der Waals surface area contributed by atoms with E-state index in [2.05, 4.69) is 12.1 Å². The maximum atomic E-state index is 14.9. The molecule has 7 fully saturated rings. The van der Waals surface area contributed by atoms with Gasteiger partial charge in [-0.25, -0.2) is 8.42 Å². The second-order valence-electron chi connectivity index (χ2n) is 16.9. The molecule has 7 saturated carbocycles. The first-order chi connectivity index (χ1) is 22.6. The fourth-order valence-electron chi connectivity index (χ4n) is 12.4. The van der Waals surface area contributed by atoms with E-state index in [0.29, 0.717) is 46.0 Å². The van der Waals surface area contributed by atoms with Crippen LogP contribution in [0.1, 0.15) is 155 Å². The second kappa shape index (κ2) is 11.6. The quantitative estimate of drug-likeness (QED) is 0.204. The molecule has 9 atom stereocenters. The van der Waals surface area contributed by atoms with Gasteiger partial charge in [-0.1, -0.05) is 50.7 Å². The Morgan fingerprint density at radius 2 is 1.11 bits per heavy atom. The Hall–Kier alpha value is -1.90. The molecule has 6 nitrogen and oxygen atoms in total. The van der Waals surface area contributed by atoms with Gasteiger partial charge in [0.1, 0.15) is 20.8 Å². The van der Waals surface area contributed by atoms with E-state index in [0.717, 1.165) is 62.0 Å². The van der Waals surface area contributed by atoms with Crippen molar-refractivity contribution < 1.29 is 25.6 Å². The average molecular weight is 678 g/mol. The summed E-state index contributed by atoms with van der Waals surface area (Å²) in [6, 6.07) is 8.86. The number of rotatable bonds is 8. The lowest BCUT2D eigenvalue weighted by molar-refractivity contribution is 0.392. The first-order valence-corrected chi connectivity index (χ1v) is 21.6. The van der Waals surface area contributed by atoms with Crippen LogP contribution in [0, 0.1) is 35.5 Å². The van der Waals surface area contributed by atoms with Crippen LogP contribution in [0.4, 0.5) is 0 Å². The third kappa shape index (κ3) is 5.51. The summed E-state index contributed by atoms with van der Waals surface area (Å²) < 4.78 is 72.8. The lowest BCUT2D eigenvalue weighted by Gasteiger charge is -2.32. The van der Waals surface area contributed by atoms with Gasteiger partial charge < -0.3 is 8.74 Å². The van der Waals surface area contributed by atoms with Crippen molar-refractivity contribution in [2.24, 2.45) is 35.5 Å². The van der Waals surface area contributed by atoms with Crippen molar-refractivity contribution >= 4 is 20.2 Å². The molecule has 2 aromatic carbocycles. The van der Waals surface area contributed by atoms with Crippen LogP contribution in [0.2, 0.25) is 0 Å². The fraction of sp³-hybridized carbons (Fsp3) is 0.692. The molecule has 254 valence electrons. The van der Waals surface area contributed by atoms with Gasteiger partial charge in [-0.15, -0.1) is 0 Å². The zero-order valence-electron chi connectivity index (χ0n) is 27.4. The lowest BCUT2D eigenvalue weighted by Crippen LogP contribution is -2.23. The van der Waals surface area contributed by atoms with Gasteiger partial charge in [0.15, 0.2) is 0 Å². The van der Waals surface area contributed by atoms with E-state index in [1.807, 2.05) is 0 Å². The summed E-state index contributed by atoms with van der Waals surface area (Å²) >= 11 is 0. The minimum Gasteiger partial charge on any atom is -0.744 e. The Kier molecular flexibility index (Phi) is 7.67. The van der Waals surface area contributed by atoms with Crippen molar-refractivity contribution in [3.05, 3.63) is 52.6 Å². The SMILES string of the molecule is O=S(=O)([O-])c1ccc(OS(=O)(=O)c2c(C3CC4CCC3C4)cc(C3CC4CCC3C4)cc2C2CC3CCC2C3)cc1C1CCCCC1. The summed E-state index contributed by atoms with van der Waals surface area (Å²) in [5.74, 6) is 4.97. The molecule has 0 aliphatic heterocycles. The van der Waals surface area contributed by atoms with Crippen LogP contribution in [-0.4, -0.2) is 21.4 Å². The minimum absolute atomic E-state index is 0.0936. The van der Waals surface area contributed by atoms with Crippen LogP contribution in [-0.2, 0) is 20.2 Å². The Balaban J connectivity index is 1.17. The van der Waals surface area contributed by atoms with Gasteiger partial charge in [-0.3, -0.25) is 0 Å². The molecule has 0 radical (unpaired) electrons. The Labute approximate surface area is 281 Å². The third-order valence-corrected chi connectivity index (χ3v) is 16.7. The van der Waals surface area contributed by atoms with Crippen molar-refractivity contribution in [3.8, 4) is 5.75 Å². The maximum absolute atomic E-state index is 14.9. The molecule has 2 aromatic rings. The standard InChI is InChI=1S/C39H50O6S2/c40-46(41,42)38-13-12-31(22-35(38)26-4-2-1-3-5-26)45-47(43,44)39-36(33-18-24-7-10-28(33)15-24)20-30(32-17-23-6-9-27(32)14-23)21-37(39)34-19-25-8-11-29(34)16-25/h12-13,20-29,32-34H,1-11,14-19H2,(H,40,41,42)/p-1. The highest BCUT2D eigenvalue weighted by Crippen LogP contribution is 2.60. The maximum Gasteiger partial charge on any atom is 0.339 e. The molecule has 0 heterocycles. The van der Waals surface area contributed by atoms with E-state index >= 15 is 0 Å². The molecule has 7 aliphatic carbocycles. The molecule has 0 saturated heterocycles. The monoisotopic (exact) mass is 677 g/mol. The van der Waals surface area contributed by atoms with E-state index in [9.17, 15) is 21.4 Å². The molecule has 9 unspecified atom stereocenters. The van der Waals surface area contributed by atoms with E-state index < -0.39 is 20.2 Å². The van der Waals surface area contributed by atoms with Crippen LogP contribution in [0.3, 0.4) is 0 Å². The van der Waals surface area contributed by atoms with E-state index in [1.165, 1.54) is 81.9 Å². The zero-order chi connectivity index (χ0) is 32.1. The highest BCUT2D eigenvalue weighted by molar-refractivity contribution is 7.87. The van der Waals surface area contributed by atoms with Gasteiger partial charge in [0, 0.05) is 0 Å². The highest BCUT2D eigenvalue weighted by Gasteiger charge is 2.48.